The molecule has 0 saturated carbocycles. The van der Waals surface area contributed by atoms with E-state index in [0.29, 0.717) is 34.3 Å². The Balaban J connectivity index is 1.75. The number of rotatable bonds is 6. The molecular weight excluding hydrogens is 348 g/mol. The number of halogens is 1. The average Bonchev–Trinajstić information content (AvgIpc) is 3.13. The highest BCUT2D eigenvalue weighted by Gasteiger charge is 2.24. The van der Waals surface area contributed by atoms with Gasteiger partial charge in [-0.05, 0) is 56.3 Å². The number of likely N-dealkylation sites (tertiary alicyclic amines) is 1. The van der Waals surface area contributed by atoms with Crippen LogP contribution >= 0.6 is 11.6 Å². The first-order valence-electron chi connectivity index (χ1n) is 9.01. The monoisotopic (exact) mass is 370 g/mol. The Morgan fingerprint density at radius 2 is 1.81 bits per heavy atom. The van der Waals surface area contributed by atoms with Gasteiger partial charge >= 0.3 is 0 Å². The van der Waals surface area contributed by atoms with Crippen molar-refractivity contribution in [1.82, 2.24) is 10.2 Å². The maximum Gasteiger partial charge on any atom is 0.252 e. The summed E-state index contributed by atoms with van der Waals surface area (Å²) in [6.07, 6.45) is 2.26. The van der Waals surface area contributed by atoms with Crippen LogP contribution in [0.4, 0.5) is 0 Å². The second-order valence-electron chi connectivity index (χ2n) is 6.52. The first kappa shape index (κ1) is 18.6. The standard InChI is InChI=1S/C21H23ClN2O2/c1-2-24-13-5-6-17(24)14-23-21(26)19-8-4-3-7-18(19)20(25)15-9-11-16(22)12-10-15/h3-4,7-12,17H,2,5-6,13-14H2,1H3,(H,23,26). The van der Waals surface area contributed by atoms with Crippen LogP contribution < -0.4 is 5.32 Å². The lowest BCUT2D eigenvalue weighted by atomic mass is 9.98. The lowest BCUT2D eigenvalue weighted by Gasteiger charge is -2.23. The number of amides is 1. The van der Waals surface area contributed by atoms with E-state index in [2.05, 4.69) is 17.1 Å². The minimum Gasteiger partial charge on any atom is -0.350 e. The van der Waals surface area contributed by atoms with Crippen molar-refractivity contribution in [2.45, 2.75) is 25.8 Å². The summed E-state index contributed by atoms with van der Waals surface area (Å²) in [6, 6.07) is 14.0. The number of nitrogens with one attached hydrogen (secondary N) is 1. The van der Waals surface area contributed by atoms with Gasteiger partial charge in [0.25, 0.3) is 5.91 Å². The number of hydrogen-bond acceptors (Lipinski definition) is 3. The van der Waals surface area contributed by atoms with Crippen LogP contribution in [-0.2, 0) is 0 Å². The van der Waals surface area contributed by atoms with Crippen molar-refractivity contribution in [2.75, 3.05) is 19.6 Å². The Bertz CT molecular complexity index is 789. The normalized spacial score (nSPS) is 17.2. The summed E-state index contributed by atoms with van der Waals surface area (Å²) >= 11 is 5.89. The quantitative estimate of drug-likeness (QED) is 0.787. The molecule has 0 aliphatic carbocycles. The van der Waals surface area contributed by atoms with Crippen LogP contribution in [0.2, 0.25) is 5.02 Å². The fourth-order valence-corrected chi connectivity index (χ4v) is 3.61. The zero-order valence-electron chi connectivity index (χ0n) is 14.9. The SMILES string of the molecule is CCN1CCCC1CNC(=O)c1ccccc1C(=O)c1ccc(Cl)cc1. The van der Waals surface area contributed by atoms with Gasteiger partial charge in [0.1, 0.15) is 0 Å². The summed E-state index contributed by atoms with van der Waals surface area (Å²) in [5.41, 5.74) is 1.34. The number of nitrogens with zero attached hydrogens (tertiary/aromatic N) is 1. The van der Waals surface area contributed by atoms with Crippen molar-refractivity contribution >= 4 is 23.3 Å². The lowest BCUT2D eigenvalue weighted by Crippen LogP contribution is -2.40. The molecule has 1 N–H and O–H groups in total. The van der Waals surface area contributed by atoms with Crippen molar-refractivity contribution in [3.8, 4) is 0 Å². The third kappa shape index (κ3) is 4.14. The topological polar surface area (TPSA) is 49.4 Å². The van der Waals surface area contributed by atoms with Gasteiger partial charge in [0.15, 0.2) is 5.78 Å². The molecule has 0 aromatic heterocycles. The fraction of sp³-hybridized carbons (Fsp3) is 0.333. The van der Waals surface area contributed by atoms with Gasteiger partial charge in [-0.3, -0.25) is 14.5 Å². The average molecular weight is 371 g/mol. The minimum atomic E-state index is -0.203. The van der Waals surface area contributed by atoms with Gasteiger partial charge in [0, 0.05) is 28.7 Å². The second kappa shape index (κ2) is 8.47. The Morgan fingerprint density at radius 1 is 1.12 bits per heavy atom. The number of carbonyl (C=O) groups excluding carboxylic acids is 2. The maximum atomic E-state index is 12.8. The van der Waals surface area contributed by atoms with Crippen molar-refractivity contribution in [3.63, 3.8) is 0 Å². The van der Waals surface area contributed by atoms with Gasteiger partial charge < -0.3 is 5.32 Å². The lowest BCUT2D eigenvalue weighted by molar-refractivity contribution is 0.0931. The molecule has 1 saturated heterocycles. The Kier molecular flexibility index (Phi) is 6.07. The largest absolute Gasteiger partial charge is 0.350 e. The molecule has 1 heterocycles. The molecule has 3 rings (SSSR count). The molecule has 1 fully saturated rings. The molecule has 0 spiro atoms. The predicted molar refractivity (Wildman–Crippen MR) is 104 cm³/mol. The first-order valence-corrected chi connectivity index (χ1v) is 9.39. The Hall–Kier alpha value is -2.17. The van der Waals surface area contributed by atoms with E-state index in [4.69, 9.17) is 11.6 Å². The zero-order valence-corrected chi connectivity index (χ0v) is 15.6. The van der Waals surface area contributed by atoms with E-state index in [1.807, 2.05) is 0 Å². The molecule has 136 valence electrons. The molecule has 1 amide bonds. The van der Waals surface area contributed by atoms with Gasteiger partial charge in [-0.2, -0.15) is 0 Å². The molecule has 1 atom stereocenters. The van der Waals surface area contributed by atoms with E-state index < -0.39 is 0 Å². The van der Waals surface area contributed by atoms with Crippen LogP contribution in [0.5, 0.6) is 0 Å². The molecule has 2 aromatic rings. The van der Waals surface area contributed by atoms with Crippen molar-refractivity contribution < 1.29 is 9.59 Å². The Morgan fingerprint density at radius 3 is 2.50 bits per heavy atom. The number of hydrogen-bond donors (Lipinski definition) is 1. The molecule has 5 heteroatoms. The van der Waals surface area contributed by atoms with Gasteiger partial charge in [0.2, 0.25) is 0 Å². The number of ketones is 1. The van der Waals surface area contributed by atoms with E-state index in [1.54, 1.807) is 48.5 Å². The molecule has 0 bridgehead atoms. The molecule has 0 radical (unpaired) electrons. The third-order valence-corrected chi connectivity index (χ3v) is 5.18. The predicted octanol–water partition coefficient (Wildman–Crippen LogP) is 3.79. The van der Waals surface area contributed by atoms with E-state index in [-0.39, 0.29) is 11.7 Å². The maximum absolute atomic E-state index is 12.8. The van der Waals surface area contributed by atoms with Crippen LogP contribution in [-0.4, -0.2) is 42.3 Å². The highest BCUT2D eigenvalue weighted by molar-refractivity contribution is 6.30. The summed E-state index contributed by atoms with van der Waals surface area (Å²) in [4.78, 5) is 27.9. The van der Waals surface area contributed by atoms with Crippen molar-refractivity contribution in [1.29, 1.82) is 0 Å². The smallest absolute Gasteiger partial charge is 0.252 e. The minimum absolute atomic E-state index is 0.177. The van der Waals surface area contributed by atoms with Crippen LogP contribution in [0, 0.1) is 0 Å². The van der Waals surface area contributed by atoms with Crippen LogP contribution in [0.25, 0.3) is 0 Å². The summed E-state index contributed by atoms with van der Waals surface area (Å²) in [7, 11) is 0. The molecular formula is C21H23ClN2O2. The van der Waals surface area contributed by atoms with E-state index in [0.717, 1.165) is 19.5 Å². The van der Waals surface area contributed by atoms with Gasteiger partial charge in [-0.15, -0.1) is 0 Å². The first-order chi connectivity index (χ1) is 12.6. The van der Waals surface area contributed by atoms with Crippen LogP contribution in [0.15, 0.2) is 48.5 Å². The molecule has 1 aliphatic heterocycles. The summed E-state index contributed by atoms with van der Waals surface area (Å²) in [5, 5.41) is 3.58. The molecule has 2 aromatic carbocycles. The van der Waals surface area contributed by atoms with Crippen LogP contribution in [0.3, 0.4) is 0 Å². The third-order valence-electron chi connectivity index (χ3n) is 4.93. The molecule has 4 nitrogen and oxygen atoms in total. The highest BCUT2D eigenvalue weighted by Crippen LogP contribution is 2.18. The number of likely N-dealkylation sites (N-methyl/N-ethyl adjacent to an activating group) is 1. The fourth-order valence-electron chi connectivity index (χ4n) is 3.48. The van der Waals surface area contributed by atoms with E-state index >= 15 is 0 Å². The number of benzene rings is 2. The van der Waals surface area contributed by atoms with Gasteiger partial charge in [-0.25, -0.2) is 0 Å². The van der Waals surface area contributed by atoms with E-state index in [1.165, 1.54) is 6.42 Å². The van der Waals surface area contributed by atoms with Crippen LogP contribution in [0.1, 0.15) is 46.0 Å². The summed E-state index contributed by atoms with van der Waals surface area (Å²) < 4.78 is 0. The molecule has 1 unspecified atom stereocenters. The zero-order chi connectivity index (χ0) is 18.5. The van der Waals surface area contributed by atoms with Crippen molar-refractivity contribution in [2.24, 2.45) is 0 Å². The van der Waals surface area contributed by atoms with Gasteiger partial charge in [0.05, 0.1) is 5.56 Å². The number of carbonyl (C=O) groups is 2. The molecule has 1 aliphatic rings. The van der Waals surface area contributed by atoms with E-state index in [9.17, 15) is 9.59 Å². The van der Waals surface area contributed by atoms with Crippen molar-refractivity contribution in [3.05, 3.63) is 70.2 Å². The highest BCUT2D eigenvalue weighted by atomic mass is 35.5. The molecule has 26 heavy (non-hydrogen) atoms. The second-order valence-corrected chi connectivity index (χ2v) is 6.95. The summed E-state index contributed by atoms with van der Waals surface area (Å²) in [5.74, 6) is -0.380. The van der Waals surface area contributed by atoms with Gasteiger partial charge in [-0.1, -0.05) is 36.7 Å². The Labute approximate surface area is 159 Å². The summed E-state index contributed by atoms with van der Waals surface area (Å²) in [6.45, 7) is 4.82.